The van der Waals surface area contributed by atoms with Gasteiger partial charge in [-0.1, -0.05) is 10.3 Å². The summed E-state index contributed by atoms with van der Waals surface area (Å²) in [5.74, 6) is -0.917. The van der Waals surface area contributed by atoms with Crippen LogP contribution in [0, 0.1) is 0 Å². The third kappa shape index (κ3) is 32.2. The summed E-state index contributed by atoms with van der Waals surface area (Å²) in [4.78, 5) is 106. The van der Waals surface area contributed by atoms with Crippen LogP contribution in [-0.4, -0.2) is 175 Å². The number of rotatable bonds is 34. The Morgan fingerprint density at radius 3 is 1.12 bits per heavy atom. The molecule has 0 aromatic heterocycles. The molecule has 60 heavy (non-hydrogen) atoms. The number of Topliss-reactive ketones (excluding diaryl/α,β-unsaturated/α-hetero) is 4. The Labute approximate surface area is 359 Å². The lowest BCUT2D eigenvalue weighted by molar-refractivity contribution is -0.129. The molecule has 4 atom stereocenters. The van der Waals surface area contributed by atoms with Crippen molar-refractivity contribution in [3.8, 4) is 0 Å². The SMILES string of the molecule is CC(=O)[C@H](CCCNC(=O)CC(=O)NCCC[C@@H](C(C)=O)N(C)C)N(C)C.CN[C@H](CCCNC(=O)CO/N=C/C/C=N/OCC(=O)NCCC[C@@H](NC)C(C)=O)C(C)=O.[2HH].[2HH]. The Kier molecular flexibility index (Phi) is 34.7. The Morgan fingerprint density at radius 1 is 0.517 bits per heavy atom. The first kappa shape index (κ1) is 57.4. The van der Waals surface area contributed by atoms with Gasteiger partial charge in [0.25, 0.3) is 11.8 Å². The zero-order valence-corrected chi connectivity index (χ0v) is 37.6. The summed E-state index contributed by atoms with van der Waals surface area (Å²) >= 11 is 0. The van der Waals surface area contributed by atoms with Crippen molar-refractivity contribution >= 4 is 59.2 Å². The van der Waals surface area contributed by atoms with Crippen LogP contribution in [0.2, 0.25) is 0 Å². The Balaban J connectivity index is -0.000000535. The number of nitrogens with one attached hydrogen (secondary N) is 6. The highest BCUT2D eigenvalue weighted by Gasteiger charge is 2.18. The maximum atomic E-state index is 11.8. The maximum Gasteiger partial charge on any atom is 0.260 e. The second-order valence-electron chi connectivity index (χ2n) is 14.6. The highest BCUT2D eigenvalue weighted by molar-refractivity contribution is 5.96. The molecular formula is C40H78N10O10. The minimum Gasteiger partial charge on any atom is -0.386 e. The van der Waals surface area contributed by atoms with E-state index < -0.39 is 0 Å². The number of oxime groups is 2. The highest BCUT2D eigenvalue weighted by Crippen LogP contribution is 2.05. The predicted octanol–water partition coefficient (Wildman–Crippen LogP) is 0.228. The van der Waals surface area contributed by atoms with E-state index in [0.29, 0.717) is 84.0 Å². The number of likely N-dealkylation sites (N-methyl/N-ethyl adjacent to an activating group) is 4. The molecule has 0 aliphatic rings. The number of hydrogen-bond donors (Lipinski definition) is 6. The van der Waals surface area contributed by atoms with Crippen molar-refractivity contribution in [2.24, 2.45) is 10.3 Å². The van der Waals surface area contributed by atoms with Gasteiger partial charge in [-0.05, 0) is 121 Å². The van der Waals surface area contributed by atoms with E-state index >= 15 is 0 Å². The average Bonchev–Trinajstić information content (AvgIpc) is 3.16. The van der Waals surface area contributed by atoms with E-state index in [1.54, 1.807) is 27.9 Å². The van der Waals surface area contributed by atoms with E-state index in [9.17, 15) is 38.4 Å². The van der Waals surface area contributed by atoms with E-state index in [0.717, 1.165) is 0 Å². The van der Waals surface area contributed by atoms with Gasteiger partial charge in [-0.25, -0.2) is 0 Å². The molecule has 0 heterocycles. The number of ketones is 4. The van der Waals surface area contributed by atoms with Crippen LogP contribution in [-0.2, 0) is 48.0 Å². The molecule has 0 rings (SSSR count). The van der Waals surface area contributed by atoms with Gasteiger partial charge in [0.15, 0.2) is 13.2 Å². The molecule has 0 aliphatic heterocycles. The smallest absolute Gasteiger partial charge is 0.260 e. The van der Waals surface area contributed by atoms with Crippen molar-refractivity contribution in [3.05, 3.63) is 0 Å². The molecule has 0 fully saturated rings. The number of carbonyl (C=O) groups is 8. The van der Waals surface area contributed by atoms with Gasteiger partial charge in [0.2, 0.25) is 11.8 Å². The van der Waals surface area contributed by atoms with Gasteiger partial charge < -0.3 is 41.6 Å². The van der Waals surface area contributed by atoms with E-state index in [1.807, 2.05) is 38.0 Å². The summed E-state index contributed by atoms with van der Waals surface area (Å²) in [6.07, 6.45) is 8.20. The van der Waals surface area contributed by atoms with Crippen molar-refractivity contribution in [2.75, 3.05) is 81.7 Å². The summed E-state index contributed by atoms with van der Waals surface area (Å²) in [5.41, 5.74) is 0. The number of hydrogen-bond acceptors (Lipinski definition) is 16. The fourth-order valence-electron chi connectivity index (χ4n) is 5.67. The van der Waals surface area contributed by atoms with Gasteiger partial charge in [-0.15, -0.1) is 0 Å². The van der Waals surface area contributed by atoms with Gasteiger partial charge in [-0.3, -0.25) is 48.2 Å². The van der Waals surface area contributed by atoms with E-state index in [4.69, 9.17) is 9.68 Å². The predicted molar refractivity (Wildman–Crippen MR) is 235 cm³/mol. The number of nitrogens with zero attached hydrogens (tertiary/aromatic N) is 4. The van der Waals surface area contributed by atoms with Crippen molar-refractivity contribution < 1.29 is 50.9 Å². The van der Waals surface area contributed by atoms with Gasteiger partial charge in [0.05, 0.1) is 24.2 Å². The topological polar surface area (TPSA) is 258 Å². The largest absolute Gasteiger partial charge is 0.386 e. The lowest BCUT2D eigenvalue weighted by Crippen LogP contribution is -2.37. The fourth-order valence-corrected chi connectivity index (χ4v) is 5.67. The van der Waals surface area contributed by atoms with Crippen LogP contribution >= 0.6 is 0 Å². The quantitative estimate of drug-likeness (QED) is 0.0219. The van der Waals surface area contributed by atoms with E-state index in [2.05, 4.69) is 42.2 Å². The molecule has 20 heteroatoms. The lowest BCUT2D eigenvalue weighted by Gasteiger charge is -2.21. The lowest BCUT2D eigenvalue weighted by atomic mass is 10.1. The molecule has 0 unspecified atom stereocenters. The van der Waals surface area contributed by atoms with Crippen molar-refractivity contribution in [2.45, 2.75) is 116 Å². The molecule has 0 aromatic rings. The third-order valence-electron chi connectivity index (χ3n) is 9.02. The normalized spacial score (nSPS) is 13.1. The molecule has 0 radical (unpaired) electrons. The Bertz CT molecular complexity index is 1270. The molecule has 0 saturated carbocycles. The molecule has 0 spiro atoms. The first-order valence-corrected chi connectivity index (χ1v) is 20.4. The summed E-state index contributed by atoms with van der Waals surface area (Å²) in [7, 11) is 10.9. The monoisotopic (exact) mass is 861 g/mol. The second kappa shape index (κ2) is 36.2. The van der Waals surface area contributed by atoms with Crippen molar-refractivity contribution in [1.82, 2.24) is 41.7 Å². The van der Waals surface area contributed by atoms with Crippen LogP contribution in [0.15, 0.2) is 10.3 Å². The van der Waals surface area contributed by atoms with Crippen LogP contribution in [0.25, 0.3) is 0 Å². The minimum atomic E-state index is -0.327. The molecule has 0 aromatic carbocycles. The summed E-state index contributed by atoms with van der Waals surface area (Å²) < 4.78 is 0. The number of carbonyl (C=O) groups excluding carboxylic acids is 8. The average molecular weight is 861 g/mol. The van der Waals surface area contributed by atoms with Crippen molar-refractivity contribution in [3.63, 3.8) is 0 Å². The summed E-state index contributed by atoms with van der Waals surface area (Å²) in [6.45, 7) is 7.52. The van der Waals surface area contributed by atoms with E-state index in [1.165, 1.54) is 26.3 Å². The molecule has 4 amide bonds. The van der Waals surface area contributed by atoms with Crippen molar-refractivity contribution in [1.29, 1.82) is 0 Å². The van der Waals surface area contributed by atoms with Crippen LogP contribution in [0.3, 0.4) is 0 Å². The van der Waals surface area contributed by atoms with Crippen LogP contribution in [0.4, 0.5) is 0 Å². The molecule has 0 saturated heterocycles. The second-order valence-corrected chi connectivity index (χ2v) is 14.6. The Hall–Kier alpha value is -4.66. The molecule has 0 bridgehead atoms. The number of amides is 4. The molecule has 0 aliphatic carbocycles. The van der Waals surface area contributed by atoms with Crippen LogP contribution in [0.5, 0.6) is 0 Å². The molecule has 348 valence electrons. The third-order valence-corrected chi connectivity index (χ3v) is 9.02. The van der Waals surface area contributed by atoms with Crippen LogP contribution < -0.4 is 31.9 Å². The summed E-state index contributed by atoms with van der Waals surface area (Å²) in [5, 5.41) is 23.9. The standard InChI is InChI=1S/C21H38N6O6.C19H36N4O4.2H2/c1-16(28)18(22-3)8-5-10-24-20(30)14-32-26-12-7-13-27-33-15-21(31)25-11-6-9-19(23-4)17(2)29;1-14(24)16(22(3)4)9-7-11-20-18(26)13-19(27)21-12-8-10-17(15(2)25)23(5)6;;/h12-13,18-19,22-23H,5-11,14-15H2,1-4H3,(H,24,30)(H,25,31);16-17H,7-13H2,1-6H3,(H,20,26)(H,21,27);2*1H/b26-12+,27-13+;;;/t18-,19-;16-,17-;;/m10../s1/i;;2*1+1. The zero-order chi connectivity index (χ0) is 45.9. The zero-order valence-electron chi connectivity index (χ0n) is 37.6. The Morgan fingerprint density at radius 2 is 0.833 bits per heavy atom. The molecular weight excluding hydrogens is 780 g/mol. The van der Waals surface area contributed by atoms with E-state index in [-0.39, 0.29) is 93.4 Å². The van der Waals surface area contributed by atoms with Gasteiger partial charge >= 0.3 is 0 Å². The first-order valence-electron chi connectivity index (χ1n) is 20.4. The van der Waals surface area contributed by atoms with Crippen LogP contribution in [0.1, 0.15) is 94.8 Å². The fraction of sp³-hybridized carbons (Fsp3) is 0.750. The van der Waals surface area contributed by atoms with Gasteiger partial charge in [0, 0.05) is 47.9 Å². The molecule has 20 nitrogen and oxygen atoms in total. The molecule has 6 N–H and O–H groups in total. The maximum absolute atomic E-state index is 11.8. The van der Waals surface area contributed by atoms with Gasteiger partial charge in [-0.2, -0.15) is 0 Å². The highest BCUT2D eigenvalue weighted by atomic mass is 16.6. The summed E-state index contributed by atoms with van der Waals surface area (Å²) in [6, 6.07) is -0.687. The van der Waals surface area contributed by atoms with Gasteiger partial charge in [0.1, 0.15) is 29.6 Å². The minimum absolute atomic E-state index is 0. The first-order chi connectivity index (χ1) is 28.4.